The Labute approximate surface area is 108 Å². The van der Waals surface area contributed by atoms with Crippen LogP contribution >= 0.6 is 11.3 Å². The highest BCUT2D eigenvalue weighted by molar-refractivity contribution is 7.15. The normalized spacial score (nSPS) is 20.0. The Morgan fingerprint density at radius 2 is 2.06 bits per heavy atom. The number of carbonyl (C=O) groups is 2. The fraction of sp³-hybridized carbons (Fsp3) is 0.583. The van der Waals surface area contributed by atoms with Crippen LogP contribution in [-0.2, 0) is 22.4 Å². The third kappa shape index (κ3) is 1.63. The molecule has 0 aliphatic heterocycles. The number of hydrogen-bond acceptors (Lipinski definition) is 4. The van der Waals surface area contributed by atoms with E-state index in [1.807, 2.05) is 0 Å². The number of aryl methyl sites for hydroxylation is 2. The molecule has 0 aromatic carbocycles. The van der Waals surface area contributed by atoms with Gasteiger partial charge in [-0.05, 0) is 32.1 Å². The van der Waals surface area contributed by atoms with Gasteiger partial charge in [0.1, 0.15) is 5.41 Å². The highest BCUT2D eigenvalue weighted by atomic mass is 32.1. The number of hydrogen-bond donors (Lipinski definition) is 2. The van der Waals surface area contributed by atoms with Gasteiger partial charge in [0.05, 0.1) is 5.69 Å². The average molecular weight is 266 g/mol. The lowest BCUT2D eigenvalue weighted by atomic mass is 9.68. The first-order valence-electron chi connectivity index (χ1n) is 6.15. The van der Waals surface area contributed by atoms with Crippen LogP contribution in [-0.4, -0.2) is 22.0 Å². The van der Waals surface area contributed by atoms with Gasteiger partial charge in [-0.25, -0.2) is 4.98 Å². The molecule has 0 unspecified atom stereocenters. The average Bonchev–Trinajstić information content (AvgIpc) is 2.74. The molecule has 96 valence electrons. The highest BCUT2D eigenvalue weighted by Gasteiger charge is 2.51. The van der Waals surface area contributed by atoms with Gasteiger partial charge in [0.2, 0.25) is 5.91 Å². The maximum Gasteiger partial charge on any atom is 0.319 e. The van der Waals surface area contributed by atoms with Crippen molar-refractivity contribution in [1.82, 2.24) is 4.98 Å². The van der Waals surface area contributed by atoms with E-state index in [0.29, 0.717) is 18.0 Å². The number of nitrogens with one attached hydrogen (secondary N) is 1. The van der Waals surface area contributed by atoms with Gasteiger partial charge in [-0.2, -0.15) is 0 Å². The predicted octanol–water partition coefficient (Wildman–Crippen LogP) is 1.83. The summed E-state index contributed by atoms with van der Waals surface area (Å²) in [7, 11) is 0. The Hall–Kier alpha value is -1.43. The van der Waals surface area contributed by atoms with Crippen molar-refractivity contribution in [3.05, 3.63) is 10.6 Å². The quantitative estimate of drug-likeness (QED) is 0.818. The van der Waals surface area contributed by atoms with Crippen molar-refractivity contribution in [2.45, 2.75) is 38.5 Å². The molecule has 0 radical (unpaired) electrons. The van der Waals surface area contributed by atoms with E-state index < -0.39 is 17.3 Å². The number of thiazole rings is 1. The molecule has 0 bridgehead atoms. The Morgan fingerprint density at radius 1 is 1.28 bits per heavy atom. The van der Waals surface area contributed by atoms with Crippen LogP contribution in [0.25, 0.3) is 0 Å². The van der Waals surface area contributed by atoms with Gasteiger partial charge < -0.3 is 10.4 Å². The van der Waals surface area contributed by atoms with E-state index >= 15 is 0 Å². The van der Waals surface area contributed by atoms with E-state index in [1.54, 1.807) is 0 Å². The third-order valence-corrected chi connectivity index (χ3v) is 4.94. The van der Waals surface area contributed by atoms with Crippen molar-refractivity contribution in [1.29, 1.82) is 0 Å². The number of nitrogens with zero attached hydrogens (tertiary/aromatic N) is 1. The van der Waals surface area contributed by atoms with E-state index in [1.165, 1.54) is 16.2 Å². The van der Waals surface area contributed by atoms with Crippen LogP contribution in [0.4, 0.5) is 5.13 Å². The molecule has 0 saturated heterocycles. The van der Waals surface area contributed by atoms with Crippen molar-refractivity contribution in [2.24, 2.45) is 5.41 Å². The van der Waals surface area contributed by atoms with Crippen LogP contribution in [0.15, 0.2) is 0 Å². The summed E-state index contributed by atoms with van der Waals surface area (Å²) in [6, 6.07) is 0. The zero-order chi connectivity index (χ0) is 12.8. The van der Waals surface area contributed by atoms with Crippen LogP contribution in [0.5, 0.6) is 0 Å². The van der Waals surface area contributed by atoms with Gasteiger partial charge in [-0.1, -0.05) is 6.42 Å². The van der Waals surface area contributed by atoms with Crippen molar-refractivity contribution in [3.63, 3.8) is 0 Å². The summed E-state index contributed by atoms with van der Waals surface area (Å²) in [6.07, 6.45) is 4.77. The first-order valence-corrected chi connectivity index (χ1v) is 6.97. The molecule has 1 aromatic rings. The summed E-state index contributed by atoms with van der Waals surface area (Å²) in [5.74, 6) is -1.43. The van der Waals surface area contributed by atoms with Crippen molar-refractivity contribution >= 4 is 28.3 Å². The van der Waals surface area contributed by atoms with Gasteiger partial charge in [0, 0.05) is 4.88 Å². The summed E-state index contributed by atoms with van der Waals surface area (Å²) in [5.41, 5.74) is -0.149. The number of rotatable bonds is 3. The molecule has 0 spiro atoms. The Kier molecular flexibility index (Phi) is 2.62. The minimum Gasteiger partial charge on any atom is -0.480 e. The van der Waals surface area contributed by atoms with Gasteiger partial charge >= 0.3 is 5.97 Å². The van der Waals surface area contributed by atoms with Gasteiger partial charge in [-0.3, -0.25) is 9.59 Å². The van der Waals surface area contributed by atoms with Crippen LogP contribution in [0.3, 0.4) is 0 Å². The SMILES string of the molecule is O=C(O)C1(C(=O)Nc2nc3c(s2)CCC3)CCC1. The van der Waals surface area contributed by atoms with Crippen molar-refractivity contribution in [2.75, 3.05) is 5.32 Å². The second kappa shape index (κ2) is 4.05. The van der Waals surface area contributed by atoms with Gasteiger partial charge in [0.25, 0.3) is 0 Å². The molecule has 6 heteroatoms. The first kappa shape index (κ1) is 11.6. The molecule has 1 amide bonds. The molecule has 1 aromatic heterocycles. The number of carbonyl (C=O) groups excluding carboxylic acids is 1. The summed E-state index contributed by atoms with van der Waals surface area (Å²) in [6.45, 7) is 0. The molecule has 5 nitrogen and oxygen atoms in total. The lowest BCUT2D eigenvalue weighted by Gasteiger charge is -2.35. The second-order valence-corrected chi connectivity index (χ2v) is 6.02. The largest absolute Gasteiger partial charge is 0.480 e. The summed E-state index contributed by atoms with van der Waals surface area (Å²) >= 11 is 1.48. The Morgan fingerprint density at radius 3 is 2.61 bits per heavy atom. The minimum atomic E-state index is -1.21. The fourth-order valence-corrected chi connectivity index (χ4v) is 3.57. The van der Waals surface area contributed by atoms with Gasteiger partial charge in [-0.15, -0.1) is 11.3 Å². The molecule has 2 aliphatic carbocycles. The molecule has 2 aliphatic rings. The number of aliphatic carboxylic acids is 1. The lowest BCUT2D eigenvalue weighted by Crippen LogP contribution is -2.48. The number of carboxylic acids is 1. The second-order valence-electron chi connectivity index (χ2n) is 4.94. The zero-order valence-electron chi connectivity index (χ0n) is 9.86. The van der Waals surface area contributed by atoms with E-state index in [-0.39, 0.29) is 0 Å². The van der Waals surface area contributed by atoms with E-state index in [4.69, 9.17) is 0 Å². The lowest BCUT2D eigenvalue weighted by molar-refractivity contribution is -0.159. The molecular formula is C12H14N2O3S. The van der Waals surface area contributed by atoms with Crippen LogP contribution in [0.1, 0.15) is 36.3 Å². The minimum absolute atomic E-state index is 0.409. The smallest absolute Gasteiger partial charge is 0.319 e. The maximum atomic E-state index is 12.1. The predicted molar refractivity (Wildman–Crippen MR) is 66.7 cm³/mol. The maximum absolute atomic E-state index is 12.1. The number of amides is 1. The number of aromatic nitrogens is 1. The summed E-state index contributed by atoms with van der Waals surface area (Å²) in [4.78, 5) is 28.8. The van der Waals surface area contributed by atoms with E-state index in [9.17, 15) is 14.7 Å². The monoisotopic (exact) mass is 266 g/mol. The number of fused-ring (bicyclic) bond motifs is 1. The van der Waals surface area contributed by atoms with Crippen LogP contribution < -0.4 is 5.32 Å². The zero-order valence-corrected chi connectivity index (χ0v) is 10.7. The van der Waals surface area contributed by atoms with Crippen molar-refractivity contribution in [3.8, 4) is 0 Å². The molecule has 18 heavy (non-hydrogen) atoms. The Balaban J connectivity index is 1.75. The van der Waals surface area contributed by atoms with Crippen molar-refractivity contribution < 1.29 is 14.7 Å². The topological polar surface area (TPSA) is 79.3 Å². The molecule has 1 saturated carbocycles. The number of carboxylic acid groups (broad SMARTS) is 1. The van der Waals surface area contributed by atoms with Gasteiger partial charge in [0.15, 0.2) is 5.13 Å². The molecule has 1 heterocycles. The molecule has 2 N–H and O–H groups in total. The first-order chi connectivity index (χ1) is 8.62. The Bertz CT molecular complexity index is 498. The molecular weight excluding hydrogens is 252 g/mol. The summed E-state index contributed by atoms with van der Waals surface area (Å²) in [5, 5.41) is 12.4. The van der Waals surface area contributed by atoms with Crippen LogP contribution in [0, 0.1) is 5.41 Å². The molecule has 0 atom stereocenters. The van der Waals surface area contributed by atoms with Crippen LogP contribution in [0.2, 0.25) is 0 Å². The third-order valence-electron chi connectivity index (χ3n) is 3.87. The van der Waals surface area contributed by atoms with E-state index in [2.05, 4.69) is 10.3 Å². The van der Waals surface area contributed by atoms with E-state index in [0.717, 1.165) is 31.4 Å². The number of anilines is 1. The molecule has 1 fully saturated rings. The standard InChI is InChI=1S/C12H14N2O3S/c15-9(12(10(16)17)5-2-6-12)14-11-13-7-3-1-4-8(7)18-11/h1-6H2,(H,16,17)(H,13,14,15). The summed E-state index contributed by atoms with van der Waals surface area (Å²) < 4.78 is 0. The highest BCUT2D eigenvalue weighted by Crippen LogP contribution is 2.42. The molecule has 3 rings (SSSR count). The fourth-order valence-electron chi connectivity index (χ4n) is 2.53.